The highest BCUT2D eigenvalue weighted by atomic mass is 16.2. The Labute approximate surface area is 135 Å². The molecule has 1 aromatic heterocycles. The van der Waals surface area contributed by atoms with Crippen molar-refractivity contribution < 1.29 is 4.79 Å². The van der Waals surface area contributed by atoms with Crippen LogP contribution in [0.25, 0.3) is 10.9 Å². The number of nitrogens with one attached hydrogen (secondary N) is 2. The molecule has 0 radical (unpaired) electrons. The van der Waals surface area contributed by atoms with E-state index in [1.165, 1.54) is 5.56 Å². The second-order valence-electron chi connectivity index (χ2n) is 6.10. The molecule has 3 nitrogen and oxygen atoms in total. The van der Waals surface area contributed by atoms with Crippen molar-refractivity contribution in [2.45, 2.75) is 18.9 Å². The van der Waals surface area contributed by atoms with Gasteiger partial charge in [0.1, 0.15) is 0 Å². The van der Waals surface area contributed by atoms with E-state index < -0.39 is 5.54 Å². The first-order valence-electron chi connectivity index (χ1n) is 7.77. The van der Waals surface area contributed by atoms with Crippen LogP contribution in [0.15, 0.2) is 61.3 Å². The zero-order valence-electron chi connectivity index (χ0n) is 13.0. The lowest BCUT2D eigenvalue weighted by Gasteiger charge is -2.29. The van der Waals surface area contributed by atoms with Crippen molar-refractivity contribution in [2.24, 2.45) is 0 Å². The molecule has 0 saturated carbocycles. The van der Waals surface area contributed by atoms with Gasteiger partial charge in [0.15, 0.2) is 0 Å². The van der Waals surface area contributed by atoms with Gasteiger partial charge in [-0.2, -0.15) is 0 Å². The Bertz CT molecular complexity index is 938. The Balaban J connectivity index is 2.04. The van der Waals surface area contributed by atoms with Crippen LogP contribution < -0.4 is 5.32 Å². The molecule has 3 heteroatoms. The number of para-hydroxylation sites is 1. The number of carbonyl (C=O) groups excluding carboxylic acids is 1. The molecule has 0 spiro atoms. The average Bonchev–Trinajstić information content (AvgIpc) is 3.10. The van der Waals surface area contributed by atoms with Crippen LogP contribution in [-0.2, 0) is 5.54 Å². The van der Waals surface area contributed by atoms with E-state index in [0.29, 0.717) is 6.42 Å². The summed E-state index contributed by atoms with van der Waals surface area (Å²) in [5.74, 6) is -0.0237. The third-order valence-electron chi connectivity index (χ3n) is 4.79. The Morgan fingerprint density at radius 2 is 1.96 bits per heavy atom. The van der Waals surface area contributed by atoms with Gasteiger partial charge in [-0.3, -0.25) is 4.79 Å². The highest BCUT2D eigenvalue weighted by molar-refractivity contribution is 6.02. The first-order valence-corrected chi connectivity index (χ1v) is 7.77. The molecule has 0 saturated heterocycles. The van der Waals surface area contributed by atoms with Crippen LogP contribution in [0, 0.1) is 6.92 Å². The maximum absolute atomic E-state index is 12.5. The summed E-state index contributed by atoms with van der Waals surface area (Å²) in [7, 11) is 0. The standard InChI is InChI=1S/C20H18N2O/c1-3-11-20(16-10-5-4-8-15(16)19(23)22-20)17-12-21-18-13(2)7-6-9-14(17)18/h3-10,12,21H,1,11H2,2H3,(H,22,23)/t20-/m1/s1. The SMILES string of the molecule is C=CC[C@@]1(c2c[nH]c3c(C)cccc23)NC(=O)c2ccccc21. The zero-order chi connectivity index (χ0) is 16.0. The van der Waals surface area contributed by atoms with E-state index in [1.807, 2.05) is 36.5 Å². The molecular formula is C20H18N2O. The summed E-state index contributed by atoms with van der Waals surface area (Å²) >= 11 is 0. The number of aromatic nitrogens is 1. The normalized spacial score (nSPS) is 19.6. The fourth-order valence-electron chi connectivity index (χ4n) is 3.74. The summed E-state index contributed by atoms with van der Waals surface area (Å²) in [6.07, 6.45) is 4.54. The molecule has 114 valence electrons. The van der Waals surface area contributed by atoms with Crippen LogP contribution in [0.2, 0.25) is 0 Å². The quantitative estimate of drug-likeness (QED) is 0.705. The lowest BCUT2D eigenvalue weighted by atomic mass is 9.80. The minimum absolute atomic E-state index is 0.0237. The van der Waals surface area contributed by atoms with Crippen molar-refractivity contribution in [3.63, 3.8) is 0 Å². The molecule has 23 heavy (non-hydrogen) atoms. The Morgan fingerprint density at radius 3 is 2.78 bits per heavy atom. The number of rotatable bonds is 3. The van der Waals surface area contributed by atoms with Crippen molar-refractivity contribution in [2.75, 3.05) is 0 Å². The molecule has 2 aromatic carbocycles. The molecule has 1 aliphatic heterocycles. The van der Waals surface area contributed by atoms with Gasteiger partial charge in [-0.15, -0.1) is 6.58 Å². The number of fused-ring (bicyclic) bond motifs is 2. The van der Waals surface area contributed by atoms with E-state index in [2.05, 4.69) is 42.0 Å². The minimum Gasteiger partial charge on any atom is -0.361 e. The molecule has 0 aliphatic carbocycles. The van der Waals surface area contributed by atoms with Gasteiger partial charge < -0.3 is 10.3 Å². The highest BCUT2D eigenvalue weighted by Gasteiger charge is 2.44. The van der Waals surface area contributed by atoms with Gasteiger partial charge in [0.2, 0.25) is 0 Å². The van der Waals surface area contributed by atoms with Gasteiger partial charge in [0, 0.05) is 28.2 Å². The second kappa shape index (κ2) is 4.85. The number of aryl methyl sites for hydroxylation is 1. The van der Waals surface area contributed by atoms with Gasteiger partial charge in [0.25, 0.3) is 5.91 Å². The first kappa shape index (κ1) is 13.8. The lowest BCUT2D eigenvalue weighted by molar-refractivity contribution is 0.0941. The van der Waals surface area contributed by atoms with Crippen molar-refractivity contribution in [1.82, 2.24) is 10.3 Å². The van der Waals surface area contributed by atoms with E-state index >= 15 is 0 Å². The van der Waals surface area contributed by atoms with Crippen LogP contribution in [0.1, 0.15) is 33.5 Å². The van der Waals surface area contributed by atoms with Crippen LogP contribution in [0.4, 0.5) is 0 Å². The molecule has 0 unspecified atom stereocenters. The molecule has 3 aromatic rings. The summed E-state index contributed by atoms with van der Waals surface area (Å²) in [5, 5.41) is 4.36. The van der Waals surface area contributed by atoms with Crippen molar-refractivity contribution in [3.05, 3.63) is 83.6 Å². The van der Waals surface area contributed by atoms with Gasteiger partial charge >= 0.3 is 0 Å². The Morgan fingerprint density at radius 1 is 1.13 bits per heavy atom. The van der Waals surface area contributed by atoms with Crippen LogP contribution in [-0.4, -0.2) is 10.9 Å². The summed E-state index contributed by atoms with van der Waals surface area (Å²) in [5.41, 5.74) is 4.62. The van der Waals surface area contributed by atoms with Crippen LogP contribution in [0.3, 0.4) is 0 Å². The number of hydrogen-bond donors (Lipinski definition) is 2. The summed E-state index contributed by atoms with van der Waals surface area (Å²) in [4.78, 5) is 15.9. The summed E-state index contributed by atoms with van der Waals surface area (Å²) in [6.45, 7) is 6.00. The largest absolute Gasteiger partial charge is 0.361 e. The zero-order valence-corrected chi connectivity index (χ0v) is 13.0. The summed E-state index contributed by atoms with van der Waals surface area (Å²) in [6, 6.07) is 14.1. The molecule has 4 rings (SSSR count). The fourth-order valence-corrected chi connectivity index (χ4v) is 3.74. The Kier molecular flexibility index (Phi) is 2.91. The van der Waals surface area contributed by atoms with Crippen LogP contribution >= 0.6 is 0 Å². The predicted molar refractivity (Wildman–Crippen MR) is 92.5 cm³/mol. The number of aromatic amines is 1. The number of H-pyrrole nitrogens is 1. The molecule has 0 bridgehead atoms. The third kappa shape index (κ3) is 1.80. The van der Waals surface area contributed by atoms with Gasteiger partial charge in [-0.25, -0.2) is 0 Å². The number of carbonyl (C=O) groups is 1. The molecule has 2 heterocycles. The molecule has 2 N–H and O–H groups in total. The topological polar surface area (TPSA) is 44.9 Å². The van der Waals surface area contributed by atoms with Crippen molar-refractivity contribution in [1.29, 1.82) is 0 Å². The van der Waals surface area contributed by atoms with E-state index in [9.17, 15) is 4.79 Å². The number of benzene rings is 2. The second-order valence-corrected chi connectivity index (χ2v) is 6.10. The Hall–Kier alpha value is -2.81. The molecule has 1 amide bonds. The molecular weight excluding hydrogens is 284 g/mol. The first-order chi connectivity index (χ1) is 11.2. The minimum atomic E-state index is -0.554. The highest BCUT2D eigenvalue weighted by Crippen LogP contribution is 2.43. The van der Waals surface area contributed by atoms with Crippen molar-refractivity contribution in [3.8, 4) is 0 Å². The molecule has 1 aliphatic rings. The van der Waals surface area contributed by atoms with Crippen molar-refractivity contribution >= 4 is 16.8 Å². The predicted octanol–water partition coefficient (Wildman–Crippen LogP) is 4.04. The number of amides is 1. The van der Waals surface area contributed by atoms with E-state index in [-0.39, 0.29) is 5.91 Å². The maximum Gasteiger partial charge on any atom is 0.252 e. The monoisotopic (exact) mass is 302 g/mol. The third-order valence-corrected chi connectivity index (χ3v) is 4.79. The van der Waals surface area contributed by atoms with Gasteiger partial charge in [-0.05, 0) is 30.5 Å². The van der Waals surface area contributed by atoms with E-state index in [4.69, 9.17) is 0 Å². The van der Waals surface area contributed by atoms with E-state index in [0.717, 1.165) is 27.6 Å². The van der Waals surface area contributed by atoms with E-state index in [1.54, 1.807) is 0 Å². The smallest absolute Gasteiger partial charge is 0.252 e. The van der Waals surface area contributed by atoms with Crippen LogP contribution in [0.5, 0.6) is 0 Å². The molecule has 1 atom stereocenters. The average molecular weight is 302 g/mol. The molecule has 0 fully saturated rings. The fraction of sp³-hybridized carbons (Fsp3) is 0.150. The lowest BCUT2D eigenvalue weighted by Crippen LogP contribution is -2.39. The summed E-state index contributed by atoms with van der Waals surface area (Å²) < 4.78 is 0. The maximum atomic E-state index is 12.5. The van der Waals surface area contributed by atoms with Gasteiger partial charge in [0.05, 0.1) is 5.54 Å². The van der Waals surface area contributed by atoms with Gasteiger partial charge in [-0.1, -0.05) is 42.5 Å². The number of hydrogen-bond acceptors (Lipinski definition) is 1.